The van der Waals surface area contributed by atoms with Crippen LogP contribution < -0.4 is 21.7 Å². The molecular weight excluding hydrogens is 488 g/mol. The highest BCUT2D eigenvalue weighted by Gasteiger charge is 2.37. The van der Waals surface area contributed by atoms with E-state index in [-0.39, 0.29) is 24.0 Å². The lowest BCUT2D eigenvalue weighted by molar-refractivity contribution is -0.120. The molecule has 2 saturated heterocycles. The number of nitrogens with zero attached hydrogens (tertiary/aromatic N) is 4. The second-order valence-electron chi connectivity index (χ2n) is 10.3. The number of nitrogens with two attached hydrogens (primary N) is 1. The normalized spacial score (nSPS) is 30.3. The minimum absolute atomic E-state index is 0.103. The molecule has 5 N–H and O–H groups in total. The Kier molecular flexibility index (Phi) is 7.36. The summed E-state index contributed by atoms with van der Waals surface area (Å²) in [6.45, 7) is 4.44. The number of hydrogen-bond donors (Lipinski definition) is 4. The van der Waals surface area contributed by atoms with Crippen molar-refractivity contribution in [2.75, 3.05) is 44.7 Å². The summed E-state index contributed by atoms with van der Waals surface area (Å²) in [4.78, 5) is 30.6. The van der Waals surface area contributed by atoms with Gasteiger partial charge in [0.25, 0.3) is 0 Å². The molecule has 0 radical (unpaired) electrons. The first-order chi connectivity index (χ1) is 18.2. The van der Waals surface area contributed by atoms with Crippen molar-refractivity contribution in [3.63, 3.8) is 0 Å². The Morgan fingerprint density at radius 3 is 2.84 bits per heavy atom. The van der Waals surface area contributed by atoms with E-state index in [0.29, 0.717) is 38.1 Å². The van der Waals surface area contributed by atoms with Crippen LogP contribution in [0, 0.1) is 0 Å². The number of amides is 1. The molecule has 6 rings (SSSR count). The Bertz CT molecular complexity index is 1180. The third-order valence-electron chi connectivity index (χ3n) is 7.71. The maximum Gasteiger partial charge on any atom is 0.244 e. The minimum Gasteiger partial charge on any atom is -0.379 e. The van der Waals surface area contributed by atoms with Crippen LogP contribution in [0.1, 0.15) is 49.5 Å². The molecule has 4 atom stereocenters. The van der Waals surface area contributed by atoms with Crippen molar-refractivity contribution in [3.05, 3.63) is 23.2 Å². The summed E-state index contributed by atoms with van der Waals surface area (Å²) in [5.74, 6) is 0.374. The Balaban J connectivity index is 1.34. The number of fused-ring (bicyclic) bond motifs is 1. The Hall–Kier alpha value is -2.60. The van der Waals surface area contributed by atoms with E-state index in [1.807, 2.05) is 6.07 Å². The van der Waals surface area contributed by atoms with Crippen LogP contribution in [-0.4, -0.2) is 85.1 Å². The topological polar surface area (TPSA) is 129 Å². The van der Waals surface area contributed by atoms with Gasteiger partial charge in [0.15, 0.2) is 0 Å². The van der Waals surface area contributed by atoms with E-state index in [1.165, 1.54) is 12.8 Å². The number of anilines is 1. The first-order valence-electron chi connectivity index (χ1n) is 13.6. The van der Waals surface area contributed by atoms with Gasteiger partial charge in [0.1, 0.15) is 22.3 Å². The van der Waals surface area contributed by atoms with Gasteiger partial charge in [0, 0.05) is 31.7 Å². The van der Waals surface area contributed by atoms with Gasteiger partial charge in [-0.25, -0.2) is 4.98 Å². The van der Waals surface area contributed by atoms with E-state index in [0.717, 1.165) is 59.7 Å². The highest BCUT2D eigenvalue weighted by Crippen LogP contribution is 2.35. The molecule has 11 heteroatoms. The fourth-order valence-corrected chi connectivity index (χ4v) is 6.72. The molecule has 1 aromatic carbocycles. The summed E-state index contributed by atoms with van der Waals surface area (Å²) in [6, 6.07) is 6.64. The maximum atomic E-state index is 13.6. The molecule has 3 fully saturated rings. The fourth-order valence-electron chi connectivity index (χ4n) is 5.63. The third-order valence-corrected chi connectivity index (χ3v) is 8.80. The zero-order chi connectivity index (χ0) is 25.2. The largest absolute Gasteiger partial charge is 0.379 e. The van der Waals surface area contributed by atoms with Gasteiger partial charge in [-0.3, -0.25) is 15.1 Å². The van der Waals surface area contributed by atoms with Crippen LogP contribution in [-0.2, 0) is 9.53 Å². The van der Waals surface area contributed by atoms with E-state index >= 15 is 0 Å². The summed E-state index contributed by atoms with van der Waals surface area (Å²) >= 11 is 1.54. The van der Waals surface area contributed by atoms with E-state index in [4.69, 9.17) is 25.4 Å². The fraction of sp³-hybridized carbons (Fsp3) is 0.615. The van der Waals surface area contributed by atoms with Crippen molar-refractivity contribution in [2.45, 2.75) is 62.6 Å². The predicted octanol–water partition coefficient (Wildman–Crippen LogP) is 2.03. The summed E-state index contributed by atoms with van der Waals surface area (Å²) in [5, 5.41) is 10.9. The Morgan fingerprint density at radius 1 is 1.16 bits per heavy atom. The van der Waals surface area contributed by atoms with Gasteiger partial charge in [0.05, 0.1) is 29.6 Å². The molecule has 10 nitrogen and oxygen atoms in total. The first-order valence-corrected chi connectivity index (χ1v) is 14.4. The van der Waals surface area contributed by atoms with Crippen molar-refractivity contribution in [3.8, 4) is 0 Å². The van der Waals surface area contributed by atoms with Crippen LogP contribution in [0.5, 0.6) is 0 Å². The molecule has 1 aliphatic carbocycles. The molecule has 1 amide bonds. The molecule has 198 valence electrons. The van der Waals surface area contributed by atoms with Crippen molar-refractivity contribution in [1.29, 1.82) is 0 Å². The lowest BCUT2D eigenvalue weighted by Crippen LogP contribution is -2.53. The summed E-state index contributed by atoms with van der Waals surface area (Å²) in [7, 11) is 0. The Morgan fingerprint density at radius 2 is 2.03 bits per heavy atom. The number of hydrogen-bond acceptors (Lipinski definition) is 9. The van der Waals surface area contributed by atoms with Crippen molar-refractivity contribution in [2.24, 2.45) is 15.7 Å². The Labute approximate surface area is 221 Å². The summed E-state index contributed by atoms with van der Waals surface area (Å²) in [5.41, 5.74) is 8.27. The molecule has 3 aliphatic heterocycles. The number of aromatic nitrogens is 1. The predicted molar refractivity (Wildman–Crippen MR) is 148 cm³/mol. The molecule has 0 spiro atoms. The molecule has 1 saturated carbocycles. The van der Waals surface area contributed by atoms with Crippen molar-refractivity contribution < 1.29 is 9.53 Å². The van der Waals surface area contributed by atoms with Crippen LogP contribution in [0.2, 0.25) is 0 Å². The number of carbonyl (C=O) groups is 1. The highest BCUT2D eigenvalue weighted by atomic mass is 32.1. The van der Waals surface area contributed by atoms with Crippen molar-refractivity contribution in [1.82, 2.24) is 20.5 Å². The van der Waals surface area contributed by atoms with Gasteiger partial charge in [0.2, 0.25) is 11.9 Å². The molecular formula is C26H36N8O2S. The van der Waals surface area contributed by atoms with Crippen LogP contribution in [0.25, 0.3) is 10.2 Å². The first kappa shape index (κ1) is 24.7. The molecule has 1 unspecified atom stereocenters. The van der Waals surface area contributed by atoms with Gasteiger partial charge < -0.3 is 26.0 Å². The number of aliphatic imine (C=N–C) groups is 2. The SMILES string of the molecule is N[C@H]1CCCC[C@H]1Nc1cccc2sc(C3C(=O)NC(N4CCOCC4)=NC3=N[C@@H]3CCCNC3)nc12. The maximum absolute atomic E-state index is 13.6. The number of thiazole rings is 1. The highest BCUT2D eigenvalue weighted by molar-refractivity contribution is 7.19. The second-order valence-corrected chi connectivity index (χ2v) is 11.4. The number of amidine groups is 1. The van der Waals surface area contributed by atoms with Gasteiger partial charge in [-0.1, -0.05) is 18.9 Å². The van der Waals surface area contributed by atoms with Crippen LogP contribution in [0.4, 0.5) is 5.69 Å². The number of guanidine groups is 1. The monoisotopic (exact) mass is 524 g/mol. The molecule has 0 bridgehead atoms. The number of para-hydroxylation sites is 1. The van der Waals surface area contributed by atoms with E-state index in [1.54, 1.807) is 11.3 Å². The molecule has 1 aromatic heterocycles. The van der Waals surface area contributed by atoms with Gasteiger partial charge in [-0.15, -0.1) is 11.3 Å². The number of ether oxygens (including phenoxy) is 1. The van der Waals surface area contributed by atoms with E-state index in [2.05, 4.69) is 33.0 Å². The third kappa shape index (κ3) is 5.36. The molecule has 4 heterocycles. The standard InChI is InChI=1S/C26H36N8O2S/c27-17-6-1-2-7-18(17)30-19-8-3-9-20-22(19)31-25(37-20)21-23(29-16-5-4-10-28-15-16)32-26(33-24(21)35)34-11-13-36-14-12-34/h3,8-9,16-18,21,28,30H,1-2,4-7,10-15,27H2,(H,29,32,33,35)/t16-,17+,18-,21?/m1/s1. The summed E-state index contributed by atoms with van der Waals surface area (Å²) < 4.78 is 6.53. The quantitative estimate of drug-likeness (QED) is 0.482. The molecule has 4 aliphatic rings. The smallest absolute Gasteiger partial charge is 0.244 e. The number of rotatable bonds is 4. The molecule has 2 aromatic rings. The lowest BCUT2D eigenvalue weighted by Gasteiger charge is -2.33. The van der Waals surface area contributed by atoms with Crippen molar-refractivity contribution >= 4 is 44.9 Å². The average Bonchev–Trinajstić information content (AvgIpc) is 3.35. The second kappa shape index (κ2) is 11.0. The minimum atomic E-state index is -0.631. The number of nitrogens with one attached hydrogen (secondary N) is 3. The average molecular weight is 525 g/mol. The zero-order valence-corrected chi connectivity index (χ0v) is 21.9. The van der Waals surface area contributed by atoms with Crippen LogP contribution in [0.3, 0.4) is 0 Å². The van der Waals surface area contributed by atoms with Gasteiger partial charge in [-0.05, 0) is 44.4 Å². The van der Waals surface area contributed by atoms with E-state index in [9.17, 15) is 4.79 Å². The number of piperidine rings is 1. The van der Waals surface area contributed by atoms with Gasteiger partial charge >= 0.3 is 0 Å². The zero-order valence-electron chi connectivity index (χ0n) is 21.1. The summed E-state index contributed by atoms with van der Waals surface area (Å²) in [6.07, 6.45) is 6.53. The molecule has 37 heavy (non-hydrogen) atoms. The number of morpholine rings is 1. The van der Waals surface area contributed by atoms with Crippen LogP contribution in [0.15, 0.2) is 28.2 Å². The van der Waals surface area contributed by atoms with Crippen LogP contribution >= 0.6 is 11.3 Å². The lowest BCUT2D eigenvalue weighted by atomic mass is 9.91. The van der Waals surface area contributed by atoms with E-state index < -0.39 is 5.92 Å². The van der Waals surface area contributed by atoms with Gasteiger partial charge in [-0.2, -0.15) is 4.99 Å². The number of carbonyl (C=O) groups excluding carboxylic acids is 1. The number of benzene rings is 1.